The Morgan fingerprint density at radius 1 is 1.05 bits per heavy atom. The zero-order valence-electron chi connectivity index (χ0n) is 12.3. The van der Waals surface area contributed by atoms with Crippen LogP contribution in [0.3, 0.4) is 0 Å². The molecule has 4 nitrogen and oxygen atoms in total. The Morgan fingerprint density at radius 3 is 2.55 bits per heavy atom. The molecule has 0 saturated carbocycles. The van der Waals surface area contributed by atoms with Gasteiger partial charge in [-0.2, -0.15) is 0 Å². The smallest absolute Gasteiger partial charge is 0.246 e. The number of rotatable bonds is 5. The number of carbonyl (C=O) groups excluding carboxylic acids is 1. The molecular formula is C18H19NO3. The summed E-state index contributed by atoms with van der Waals surface area (Å²) in [6.45, 7) is 1.30. The average molecular weight is 297 g/mol. The number of benzene rings is 2. The van der Waals surface area contributed by atoms with Crippen molar-refractivity contribution in [3.05, 3.63) is 65.7 Å². The van der Waals surface area contributed by atoms with Crippen LogP contribution < -0.4 is 10.1 Å². The van der Waals surface area contributed by atoms with E-state index in [0.29, 0.717) is 13.2 Å². The van der Waals surface area contributed by atoms with Gasteiger partial charge >= 0.3 is 0 Å². The van der Waals surface area contributed by atoms with E-state index in [1.54, 1.807) is 0 Å². The Labute approximate surface area is 130 Å². The van der Waals surface area contributed by atoms with Gasteiger partial charge in [-0.15, -0.1) is 0 Å². The summed E-state index contributed by atoms with van der Waals surface area (Å²) in [6, 6.07) is 18.1. The summed E-state index contributed by atoms with van der Waals surface area (Å²) in [5.74, 6) is 0.801. The third-order valence-electron chi connectivity index (χ3n) is 3.57. The first-order valence-electron chi connectivity index (χ1n) is 7.42. The maximum Gasteiger partial charge on any atom is 0.246 e. The van der Waals surface area contributed by atoms with Gasteiger partial charge in [0.1, 0.15) is 19.0 Å². The highest BCUT2D eigenvalue weighted by Crippen LogP contribution is 2.15. The Kier molecular flexibility index (Phi) is 4.71. The number of nitrogens with one attached hydrogen (secondary N) is 1. The SMILES string of the molecule is O=C1COC[C@H](Cc2ccc(OCc3ccccc3)cc2)N1. The van der Waals surface area contributed by atoms with Crippen molar-refractivity contribution in [2.45, 2.75) is 19.1 Å². The largest absolute Gasteiger partial charge is 0.489 e. The van der Waals surface area contributed by atoms with Gasteiger partial charge in [0, 0.05) is 0 Å². The third-order valence-corrected chi connectivity index (χ3v) is 3.57. The topological polar surface area (TPSA) is 47.6 Å². The van der Waals surface area contributed by atoms with Crippen LogP contribution in [0.5, 0.6) is 5.75 Å². The van der Waals surface area contributed by atoms with Crippen LogP contribution in [0.2, 0.25) is 0 Å². The molecule has 0 radical (unpaired) electrons. The molecule has 4 heteroatoms. The predicted molar refractivity (Wildman–Crippen MR) is 83.7 cm³/mol. The molecule has 1 amide bonds. The van der Waals surface area contributed by atoms with Crippen LogP contribution in [0.1, 0.15) is 11.1 Å². The van der Waals surface area contributed by atoms with Gasteiger partial charge in [-0.3, -0.25) is 4.79 Å². The Morgan fingerprint density at radius 2 is 1.82 bits per heavy atom. The van der Waals surface area contributed by atoms with Crippen molar-refractivity contribution in [1.82, 2.24) is 5.32 Å². The summed E-state index contributed by atoms with van der Waals surface area (Å²) in [4.78, 5) is 11.3. The van der Waals surface area contributed by atoms with Gasteiger partial charge < -0.3 is 14.8 Å². The highest BCUT2D eigenvalue weighted by atomic mass is 16.5. The summed E-state index contributed by atoms with van der Waals surface area (Å²) in [6.07, 6.45) is 0.769. The summed E-state index contributed by atoms with van der Waals surface area (Å²) in [5.41, 5.74) is 2.30. The molecule has 0 spiro atoms. The van der Waals surface area contributed by atoms with Gasteiger partial charge in [0.2, 0.25) is 5.91 Å². The summed E-state index contributed by atoms with van der Waals surface area (Å²) < 4.78 is 11.0. The second kappa shape index (κ2) is 7.09. The van der Waals surface area contributed by atoms with Crippen LogP contribution in [0.4, 0.5) is 0 Å². The monoisotopic (exact) mass is 297 g/mol. The molecule has 0 unspecified atom stereocenters. The van der Waals surface area contributed by atoms with Crippen molar-refractivity contribution in [2.75, 3.05) is 13.2 Å². The van der Waals surface area contributed by atoms with Gasteiger partial charge in [0.05, 0.1) is 12.6 Å². The average Bonchev–Trinajstić information content (AvgIpc) is 2.55. The predicted octanol–water partition coefficient (Wildman–Crippen LogP) is 2.32. The number of hydrogen-bond donors (Lipinski definition) is 1. The van der Waals surface area contributed by atoms with Gasteiger partial charge in [-0.05, 0) is 29.7 Å². The van der Waals surface area contributed by atoms with Crippen molar-refractivity contribution in [2.24, 2.45) is 0 Å². The molecule has 0 aliphatic carbocycles. The lowest BCUT2D eigenvalue weighted by atomic mass is 10.1. The molecule has 114 valence electrons. The van der Waals surface area contributed by atoms with E-state index in [-0.39, 0.29) is 18.6 Å². The fourth-order valence-electron chi connectivity index (χ4n) is 2.46. The van der Waals surface area contributed by atoms with Crippen molar-refractivity contribution < 1.29 is 14.3 Å². The Balaban J connectivity index is 1.52. The van der Waals surface area contributed by atoms with E-state index in [2.05, 4.69) is 5.32 Å². The minimum absolute atomic E-state index is 0.0425. The fraction of sp³-hybridized carbons (Fsp3) is 0.278. The van der Waals surface area contributed by atoms with Gasteiger partial charge in [0.15, 0.2) is 0 Å². The van der Waals surface area contributed by atoms with Crippen molar-refractivity contribution >= 4 is 5.91 Å². The lowest BCUT2D eigenvalue weighted by molar-refractivity contribution is -0.131. The van der Waals surface area contributed by atoms with Gasteiger partial charge in [-0.1, -0.05) is 42.5 Å². The molecule has 1 N–H and O–H groups in total. The molecular weight excluding hydrogens is 278 g/mol. The van der Waals surface area contributed by atoms with Gasteiger partial charge in [0.25, 0.3) is 0 Å². The maximum atomic E-state index is 11.3. The van der Waals surface area contributed by atoms with Crippen LogP contribution in [0.15, 0.2) is 54.6 Å². The fourth-order valence-corrected chi connectivity index (χ4v) is 2.46. The minimum atomic E-state index is -0.0425. The second-order valence-electron chi connectivity index (χ2n) is 5.40. The summed E-state index contributed by atoms with van der Waals surface area (Å²) >= 11 is 0. The first kappa shape index (κ1) is 14.6. The molecule has 2 aromatic carbocycles. The van der Waals surface area contributed by atoms with Crippen molar-refractivity contribution in [3.63, 3.8) is 0 Å². The number of ether oxygens (including phenoxy) is 2. The molecule has 3 rings (SSSR count). The van der Waals surface area contributed by atoms with E-state index < -0.39 is 0 Å². The summed E-state index contributed by atoms with van der Waals surface area (Å²) in [7, 11) is 0. The molecule has 2 aromatic rings. The number of amides is 1. The first-order chi connectivity index (χ1) is 10.8. The number of carbonyl (C=O) groups is 1. The summed E-state index contributed by atoms with van der Waals surface area (Å²) in [5, 5.41) is 2.93. The van der Waals surface area contributed by atoms with Crippen LogP contribution in [0, 0.1) is 0 Å². The van der Waals surface area contributed by atoms with Crippen LogP contribution in [-0.4, -0.2) is 25.2 Å². The zero-order valence-corrected chi connectivity index (χ0v) is 12.3. The lowest BCUT2D eigenvalue weighted by Crippen LogP contribution is -2.46. The molecule has 1 atom stereocenters. The molecule has 22 heavy (non-hydrogen) atoms. The van der Waals surface area contributed by atoms with E-state index in [9.17, 15) is 4.79 Å². The minimum Gasteiger partial charge on any atom is -0.489 e. The van der Waals surface area contributed by atoms with Crippen LogP contribution >= 0.6 is 0 Å². The molecule has 1 aliphatic rings. The van der Waals surface area contributed by atoms with E-state index in [1.807, 2.05) is 54.6 Å². The molecule has 1 aliphatic heterocycles. The van der Waals surface area contributed by atoms with E-state index in [1.165, 1.54) is 0 Å². The normalized spacial score (nSPS) is 17.8. The standard InChI is InChI=1S/C18H19NO3/c20-18-13-21-12-16(19-18)10-14-6-8-17(9-7-14)22-11-15-4-2-1-3-5-15/h1-9,16H,10-13H2,(H,19,20)/t16-/m0/s1. The number of hydrogen-bond acceptors (Lipinski definition) is 3. The van der Waals surface area contributed by atoms with Crippen molar-refractivity contribution in [3.8, 4) is 5.75 Å². The quantitative estimate of drug-likeness (QED) is 0.921. The molecule has 0 bridgehead atoms. The van der Waals surface area contributed by atoms with E-state index in [4.69, 9.17) is 9.47 Å². The molecule has 1 saturated heterocycles. The van der Waals surface area contributed by atoms with E-state index in [0.717, 1.165) is 23.3 Å². The number of morpholine rings is 1. The van der Waals surface area contributed by atoms with Gasteiger partial charge in [-0.25, -0.2) is 0 Å². The zero-order chi connectivity index (χ0) is 15.2. The second-order valence-corrected chi connectivity index (χ2v) is 5.40. The van der Waals surface area contributed by atoms with E-state index >= 15 is 0 Å². The van der Waals surface area contributed by atoms with Crippen LogP contribution in [-0.2, 0) is 22.6 Å². The molecule has 1 heterocycles. The Bertz CT molecular complexity index is 610. The van der Waals surface area contributed by atoms with Crippen molar-refractivity contribution in [1.29, 1.82) is 0 Å². The highest BCUT2D eigenvalue weighted by molar-refractivity contribution is 5.78. The molecule has 1 fully saturated rings. The third kappa shape index (κ3) is 4.09. The molecule has 0 aromatic heterocycles. The maximum absolute atomic E-state index is 11.3. The first-order valence-corrected chi connectivity index (χ1v) is 7.42. The lowest BCUT2D eigenvalue weighted by Gasteiger charge is -2.23. The Hall–Kier alpha value is -2.33. The highest BCUT2D eigenvalue weighted by Gasteiger charge is 2.18. The van der Waals surface area contributed by atoms with Crippen LogP contribution in [0.25, 0.3) is 0 Å².